The molecule has 2 amide bonds. The smallest absolute Gasteiger partial charge is 0.255 e. The van der Waals surface area contributed by atoms with E-state index in [2.05, 4.69) is 20.6 Å². The second-order valence-electron chi connectivity index (χ2n) is 6.37. The molecule has 4 rings (SSSR count). The topological polar surface area (TPSA) is 87.2 Å². The SMILES string of the molecule is O=C1CN(c2ccc(NC(=O)c3ccnc(C4CC4)c3)cn2)CCN1. The number of amides is 2. The number of rotatable bonds is 4. The molecular formula is C18H19N5O2. The third-order valence-corrected chi connectivity index (χ3v) is 4.41. The van der Waals surface area contributed by atoms with Crippen molar-refractivity contribution in [1.82, 2.24) is 15.3 Å². The van der Waals surface area contributed by atoms with Gasteiger partial charge in [0.05, 0.1) is 18.4 Å². The van der Waals surface area contributed by atoms with Gasteiger partial charge in [-0.05, 0) is 37.1 Å². The zero-order valence-electron chi connectivity index (χ0n) is 13.7. The highest BCUT2D eigenvalue weighted by Crippen LogP contribution is 2.38. The first kappa shape index (κ1) is 15.6. The molecule has 2 aromatic heterocycles. The van der Waals surface area contributed by atoms with E-state index in [0.717, 1.165) is 30.9 Å². The molecule has 1 aliphatic carbocycles. The van der Waals surface area contributed by atoms with Crippen LogP contribution in [0.5, 0.6) is 0 Å². The Morgan fingerprint density at radius 2 is 2.12 bits per heavy atom. The van der Waals surface area contributed by atoms with Crippen LogP contribution in [0.1, 0.15) is 34.8 Å². The molecule has 3 heterocycles. The number of piperazine rings is 1. The lowest BCUT2D eigenvalue weighted by Crippen LogP contribution is -2.48. The van der Waals surface area contributed by atoms with Crippen LogP contribution < -0.4 is 15.5 Å². The van der Waals surface area contributed by atoms with Crippen molar-refractivity contribution in [3.8, 4) is 0 Å². The zero-order valence-corrected chi connectivity index (χ0v) is 13.7. The second kappa shape index (κ2) is 6.51. The minimum atomic E-state index is -0.170. The third kappa shape index (κ3) is 3.60. The highest BCUT2D eigenvalue weighted by Gasteiger charge is 2.25. The first-order valence-corrected chi connectivity index (χ1v) is 8.44. The monoisotopic (exact) mass is 337 g/mol. The molecule has 0 bridgehead atoms. The first-order valence-electron chi connectivity index (χ1n) is 8.44. The molecule has 1 saturated carbocycles. The Bertz CT molecular complexity index is 801. The van der Waals surface area contributed by atoms with E-state index in [9.17, 15) is 9.59 Å². The van der Waals surface area contributed by atoms with Gasteiger partial charge < -0.3 is 15.5 Å². The molecule has 0 aromatic carbocycles. The summed E-state index contributed by atoms with van der Waals surface area (Å²) in [6.07, 6.45) is 5.60. The fourth-order valence-corrected chi connectivity index (χ4v) is 2.88. The lowest BCUT2D eigenvalue weighted by atomic mass is 10.1. The van der Waals surface area contributed by atoms with Gasteiger partial charge in [-0.15, -0.1) is 0 Å². The molecule has 0 unspecified atom stereocenters. The predicted octanol–water partition coefficient (Wildman–Crippen LogP) is 1.54. The molecule has 2 N–H and O–H groups in total. The van der Waals surface area contributed by atoms with E-state index in [1.807, 2.05) is 17.0 Å². The van der Waals surface area contributed by atoms with Crippen LogP contribution in [0.2, 0.25) is 0 Å². The molecule has 128 valence electrons. The standard InChI is InChI=1S/C18H19N5O2/c24-17-11-23(8-7-20-17)16-4-3-14(10-21-16)22-18(25)13-5-6-19-15(9-13)12-1-2-12/h3-6,9-10,12H,1-2,7-8,11H2,(H,20,24)(H,22,25). The normalized spacial score (nSPS) is 17.1. The van der Waals surface area contributed by atoms with Gasteiger partial charge in [0.25, 0.3) is 5.91 Å². The quantitative estimate of drug-likeness (QED) is 0.884. The Balaban J connectivity index is 1.43. The van der Waals surface area contributed by atoms with E-state index >= 15 is 0 Å². The Morgan fingerprint density at radius 3 is 2.84 bits per heavy atom. The van der Waals surface area contributed by atoms with E-state index in [1.165, 1.54) is 0 Å². The fraction of sp³-hybridized carbons (Fsp3) is 0.333. The molecular weight excluding hydrogens is 318 g/mol. The van der Waals surface area contributed by atoms with Crippen molar-refractivity contribution in [2.75, 3.05) is 29.9 Å². The number of nitrogens with one attached hydrogen (secondary N) is 2. The van der Waals surface area contributed by atoms with Crippen molar-refractivity contribution in [1.29, 1.82) is 0 Å². The summed E-state index contributed by atoms with van der Waals surface area (Å²) < 4.78 is 0. The van der Waals surface area contributed by atoms with E-state index in [4.69, 9.17) is 0 Å². The van der Waals surface area contributed by atoms with Gasteiger partial charge in [-0.1, -0.05) is 0 Å². The number of nitrogens with zero attached hydrogens (tertiary/aromatic N) is 3. The molecule has 2 fully saturated rings. The minimum absolute atomic E-state index is 0.00502. The minimum Gasteiger partial charge on any atom is -0.353 e. The number of anilines is 2. The molecule has 7 nitrogen and oxygen atoms in total. The Kier molecular flexibility index (Phi) is 4.05. The summed E-state index contributed by atoms with van der Waals surface area (Å²) in [5.74, 6) is 1.06. The molecule has 2 aliphatic rings. The number of carbonyl (C=O) groups is 2. The van der Waals surface area contributed by atoms with Gasteiger partial charge in [0.1, 0.15) is 5.82 Å². The van der Waals surface area contributed by atoms with Crippen molar-refractivity contribution < 1.29 is 9.59 Å². The van der Waals surface area contributed by atoms with E-state index in [0.29, 0.717) is 30.3 Å². The first-order chi connectivity index (χ1) is 12.2. The van der Waals surface area contributed by atoms with Gasteiger partial charge in [-0.2, -0.15) is 0 Å². The summed E-state index contributed by atoms with van der Waals surface area (Å²) in [7, 11) is 0. The summed E-state index contributed by atoms with van der Waals surface area (Å²) >= 11 is 0. The summed E-state index contributed by atoms with van der Waals surface area (Å²) in [6.45, 7) is 1.65. The lowest BCUT2D eigenvalue weighted by Gasteiger charge is -2.27. The van der Waals surface area contributed by atoms with Crippen LogP contribution in [0.3, 0.4) is 0 Å². The van der Waals surface area contributed by atoms with E-state index < -0.39 is 0 Å². The molecule has 1 saturated heterocycles. The molecule has 2 aromatic rings. The van der Waals surface area contributed by atoms with Crippen molar-refractivity contribution in [2.45, 2.75) is 18.8 Å². The van der Waals surface area contributed by atoms with Crippen LogP contribution >= 0.6 is 0 Å². The van der Waals surface area contributed by atoms with Crippen LogP contribution in [0.15, 0.2) is 36.7 Å². The highest BCUT2D eigenvalue weighted by molar-refractivity contribution is 6.04. The van der Waals surface area contributed by atoms with E-state index in [-0.39, 0.29) is 11.8 Å². The second-order valence-corrected chi connectivity index (χ2v) is 6.37. The molecule has 0 radical (unpaired) electrons. The highest BCUT2D eigenvalue weighted by atomic mass is 16.2. The van der Waals surface area contributed by atoms with Crippen molar-refractivity contribution in [3.05, 3.63) is 47.9 Å². The largest absolute Gasteiger partial charge is 0.353 e. The fourth-order valence-electron chi connectivity index (χ4n) is 2.88. The summed E-state index contributed by atoms with van der Waals surface area (Å²) in [5.41, 5.74) is 2.22. The lowest BCUT2D eigenvalue weighted by molar-refractivity contribution is -0.120. The zero-order chi connectivity index (χ0) is 17.2. The van der Waals surface area contributed by atoms with Crippen molar-refractivity contribution in [3.63, 3.8) is 0 Å². The van der Waals surface area contributed by atoms with Gasteiger partial charge >= 0.3 is 0 Å². The molecule has 0 spiro atoms. The number of aromatic nitrogens is 2. The molecule has 1 aliphatic heterocycles. The Labute approximate surface area is 145 Å². The van der Waals surface area contributed by atoms with Gasteiger partial charge in [-0.3, -0.25) is 14.6 Å². The van der Waals surface area contributed by atoms with Crippen molar-refractivity contribution in [2.24, 2.45) is 0 Å². The van der Waals surface area contributed by atoms with Gasteiger partial charge in [0, 0.05) is 36.5 Å². The maximum absolute atomic E-state index is 12.4. The van der Waals surface area contributed by atoms with Crippen molar-refractivity contribution >= 4 is 23.3 Å². The van der Waals surface area contributed by atoms with Crippen LogP contribution in [0, 0.1) is 0 Å². The Morgan fingerprint density at radius 1 is 1.24 bits per heavy atom. The number of pyridine rings is 2. The predicted molar refractivity (Wildman–Crippen MR) is 93.6 cm³/mol. The van der Waals surface area contributed by atoms with E-state index in [1.54, 1.807) is 24.5 Å². The van der Waals surface area contributed by atoms with Crippen LogP contribution in [0.25, 0.3) is 0 Å². The average molecular weight is 337 g/mol. The summed E-state index contributed by atoms with van der Waals surface area (Å²) in [6, 6.07) is 7.20. The van der Waals surface area contributed by atoms with Crippen LogP contribution in [0.4, 0.5) is 11.5 Å². The van der Waals surface area contributed by atoms with Gasteiger partial charge in [-0.25, -0.2) is 4.98 Å². The third-order valence-electron chi connectivity index (χ3n) is 4.41. The Hall–Kier alpha value is -2.96. The number of carbonyl (C=O) groups excluding carboxylic acids is 2. The summed E-state index contributed by atoms with van der Waals surface area (Å²) in [4.78, 5) is 34.5. The average Bonchev–Trinajstić information content (AvgIpc) is 3.48. The molecule has 7 heteroatoms. The maximum Gasteiger partial charge on any atom is 0.255 e. The van der Waals surface area contributed by atoms with Crippen LogP contribution in [-0.4, -0.2) is 41.4 Å². The number of hydrogen-bond donors (Lipinski definition) is 2. The molecule has 25 heavy (non-hydrogen) atoms. The van der Waals surface area contributed by atoms with Gasteiger partial charge in [0.15, 0.2) is 0 Å². The maximum atomic E-state index is 12.4. The summed E-state index contributed by atoms with van der Waals surface area (Å²) in [5, 5.41) is 5.64. The van der Waals surface area contributed by atoms with Crippen LogP contribution in [-0.2, 0) is 4.79 Å². The number of hydrogen-bond acceptors (Lipinski definition) is 5. The molecule has 0 atom stereocenters. The van der Waals surface area contributed by atoms with Gasteiger partial charge in [0.2, 0.25) is 5.91 Å².